The first-order chi connectivity index (χ1) is 9.19. The van der Waals surface area contributed by atoms with Crippen molar-refractivity contribution in [1.29, 1.82) is 0 Å². The van der Waals surface area contributed by atoms with E-state index in [1.807, 2.05) is 0 Å². The normalized spacial score (nSPS) is 18.1. The molecule has 1 aromatic rings. The molecule has 1 fully saturated rings. The molecule has 0 spiro atoms. The van der Waals surface area contributed by atoms with Gasteiger partial charge in [0.15, 0.2) is 0 Å². The summed E-state index contributed by atoms with van der Waals surface area (Å²) in [4.78, 5) is 0. The average molecular weight is 332 g/mol. The highest BCUT2D eigenvalue weighted by molar-refractivity contribution is 9.10. The van der Waals surface area contributed by atoms with Gasteiger partial charge >= 0.3 is 0 Å². The minimum Gasteiger partial charge on any atom is -0.495 e. The molecule has 1 atom stereocenters. The Morgan fingerprint density at radius 3 is 2.53 bits per heavy atom. The maximum Gasteiger partial charge on any atom is 0.142 e. The van der Waals surface area contributed by atoms with Crippen LogP contribution in [0.4, 0.5) is 4.39 Å². The van der Waals surface area contributed by atoms with Crippen LogP contribution in [0.25, 0.3) is 0 Å². The van der Waals surface area contributed by atoms with Gasteiger partial charge in [0, 0.05) is 5.56 Å². The van der Waals surface area contributed by atoms with Crippen LogP contribution in [0.5, 0.6) is 11.5 Å². The monoisotopic (exact) mass is 331 g/mol. The van der Waals surface area contributed by atoms with E-state index in [0.29, 0.717) is 21.5 Å². The van der Waals surface area contributed by atoms with Crippen molar-refractivity contribution < 1.29 is 13.9 Å². The average Bonchev–Trinajstić information content (AvgIpc) is 2.47. The van der Waals surface area contributed by atoms with Crippen LogP contribution in [0.3, 0.4) is 0 Å². The topological polar surface area (TPSA) is 30.5 Å². The molecule has 5 heteroatoms. The molecule has 0 amide bonds. The molecule has 1 aromatic carbocycles. The number of halogens is 2. The Labute approximate surface area is 121 Å². The zero-order chi connectivity index (χ0) is 13.8. The molecule has 1 aliphatic rings. The zero-order valence-corrected chi connectivity index (χ0v) is 12.8. The molecule has 0 aliphatic carbocycles. The lowest BCUT2D eigenvalue weighted by molar-refractivity contribution is 0.185. The van der Waals surface area contributed by atoms with Crippen molar-refractivity contribution in [1.82, 2.24) is 5.32 Å². The first kappa shape index (κ1) is 14.6. The van der Waals surface area contributed by atoms with Gasteiger partial charge in [-0.1, -0.05) is 0 Å². The molecule has 1 aliphatic heterocycles. The van der Waals surface area contributed by atoms with Crippen molar-refractivity contribution >= 4 is 15.9 Å². The molecule has 1 N–H and O–H groups in total. The second kappa shape index (κ2) is 6.57. The van der Waals surface area contributed by atoms with Crippen molar-refractivity contribution in [3.05, 3.63) is 22.2 Å². The molecular formula is C14H19BrFNO2. The van der Waals surface area contributed by atoms with Gasteiger partial charge in [0.1, 0.15) is 22.1 Å². The van der Waals surface area contributed by atoms with Crippen LogP contribution in [-0.2, 0) is 0 Å². The zero-order valence-electron chi connectivity index (χ0n) is 11.2. The second-order valence-electron chi connectivity index (χ2n) is 4.69. The van der Waals surface area contributed by atoms with E-state index < -0.39 is 6.17 Å². The number of nitrogens with one attached hydrogen (secondary N) is 1. The predicted octanol–water partition coefficient (Wildman–Crippen LogP) is 3.48. The maximum absolute atomic E-state index is 14.7. The third kappa shape index (κ3) is 3.03. The van der Waals surface area contributed by atoms with Gasteiger partial charge in [0.2, 0.25) is 0 Å². The van der Waals surface area contributed by atoms with Gasteiger partial charge in [-0.2, -0.15) is 0 Å². The van der Waals surface area contributed by atoms with Crippen molar-refractivity contribution in [3.63, 3.8) is 0 Å². The van der Waals surface area contributed by atoms with Crippen LogP contribution in [0.15, 0.2) is 16.6 Å². The van der Waals surface area contributed by atoms with E-state index in [4.69, 9.17) is 9.47 Å². The second-order valence-corrected chi connectivity index (χ2v) is 5.49. The molecule has 0 bridgehead atoms. The van der Waals surface area contributed by atoms with E-state index in [-0.39, 0.29) is 5.92 Å². The Kier molecular flexibility index (Phi) is 5.05. The fourth-order valence-corrected chi connectivity index (χ4v) is 3.21. The number of hydrogen-bond acceptors (Lipinski definition) is 3. The summed E-state index contributed by atoms with van der Waals surface area (Å²) in [7, 11) is 3.14. The number of piperidine rings is 1. The van der Waals surface area contributed by atoms with Gasteiger partial charge in [-0.3, -0.25) is 0 Å². The van der Waals surface area contributed by atoms with E-state index in [9.17, 15) is 4.39 Å². The van der Waals surface area contributed by atoms with Gasteiger partial charge in [-0.25, -0.2) is 4.39 Å². The number of rotatable bonds is 4. The minimum absolute atomic E-state index is 0.0513. The predicted molar refractivity (Wildman–Crippen MR) is 76.7 cm³/mol. The Hall–Kier alpha value is -0.810. The Morgan fingerprint density at radius 2 is 1.95 bits per heavy atom. The summed E-state index contributed by atoms with van der Waals surface area (Å²) < 4.78 is 25.9. The van der Waals surface area contributed by atoms with E-state index in [0.717, 1.165) is 25.9 Å². The maximum atomic E-state index is 14.7. The van der Waals surface area contributed by atoms with Crippen molar-refractivity contribution in [2.75, 3.05) is 27.3 Å². The number of ether oxygens (including phenoxy) is 2. The molecular weight excluding hydrogens is 313 g/mol. The van der Waals surface area contributed by atoms with E-state index in [1.54, 1.807) is 26.4 Å². The van der Waals surface area contributed by atoms with Crippen LogP contribution in [-0.4, -0.2) is 27.3 Å². The number of alkyl halides is 1. The first-order valence-corrected chi connectivity index (χ1v) is 7.23. The summed E-state index contributed by atoms with van der Waals surface area (Å²) in [6, 6.07) is 3.53. The number of methoxy groups -OCH3 is 2. The van der Waals surface area contributed by atoms with Crippen LogP contribution < -0.4 is 14.8 Å². The minimum atomic E-state index is -1.00. The fraction of sp³-hybridized carbons (Fsp3) is 0.571. The molecule has 1 saturated heterocycles. The number of hydrogen-bond donors (Lipinski definition) is 1. The van der Waals surface area contributed by atoms with Crippen molar-refractivity contribution in [3.8, 4) is 11.5 Å². The van der Waals surface area contributed by atoms with Crippen LogP contribution in [0, 0.1) is 5.92 Å². The fourth-order valence-electron chi connectivity index (χ4n) is 2.53. The van der Waals surface area contributed by atoms with Gasteiger partial charge in [-0.05, 0) is 59.9 Å². The van der Waals surface area contributed by atoms with Crippen molar-refractivity contribution in [2.24, 2.45) is 5.92 Å². The highest BCUT2D eigenvalue weighted by Crippen LogP contribution is 2.44. The molecule has 0 radical (unpaired) electrons. The molecule has 106 valence electrons. The molecule has 1 unspecified atom stereocenters. The van der Waals surface area contributed by atoms with Crippen molar-refractivity contribution in [2.45, 2.75) is 19.0 Å². The lowest BCUT2D eigenvalue weighted by atomic mass is 9.89. The van der Waals surface area contributed by atoms with E-state index >= 15 is 0 Å². The smallest absolute Gasteiger partial charge is 0.142 e. The highest BCUT2D eigenvalue weighted by Gasteiger charge is 2.28. The lowest BCUT2D eigenvalue weighted by Gasteiger charge is -2.27. The van der Waals surface area contributed by atoms with Crippen LogP contribution >= 0.6 is 15.9 Å². The van der Waals surface area contributed by atoms with Gasteiger partial charge in [0.05, 0.1) is 14.2 Å². The van der Waals surface area contributed by atoms with Gasteiger partial charge in [0.25, 0.3) is 0 Å². The summed E-state index contributed by atoms with van der Waals surface area (Å²) in [5.74, 6) is 1.24. The van der Waals surface area contributed by atoms with Gasteiger partial charge < -0.3 is 14.8 Å². The Morgan fingerprint density at radius 1 is 1.26 bits per heavy atom. The molecule has 3 nitrogen and oxygen atoms in total. The summed E-state index contributed by atoms with van der Waals surface area (Å²) in [6.07, 6.45) is 0.710. The first-order valence-electron chi connectivity index (χ1n) is 6.44. The van der Waals surface area contributed by atoms with Gasteiger partial charge in [-0.15, -0.1) is 0 Å². The molecule has 19 heavy (non-hydrogen) atoms. The van der Waals surface area contributed by atoms with E-state index in [1.165, 1.54) is 0 Å². The van der Waals surface area contributed by atoms with Crippen LogP contribution in [0.2, 0.25) is 0 Å². The van der Waals surface area contributed by atoms with Crippen LogP contribution in [0.1, 0.15) is 24.6 Å². The number of benzene rings is 1. The lowest BCUT2D eigenvalue weighted by Crippen LogP contribution is -2.30. The molecule has 0 aromatic heterocycles. The molecule has 2 rings (SSSR count). The van der Waals surface area contributed by atoms with E-state index in [2.05, 4.69) is 21.2 Å². The summed E-state index contributed by atoms with van der Waals surface area (Å²) in [6.45, 7) is 1.76. The largest absolute Gasteiger partial charge is 0.495 e. The Bertz CT molecular complexity index is 436. The molecule has 0 saturated carbocycles. The quantitative estimate of drug-likeness (QED) is 0.916. The highest BCUT2D eigenvalue weighted by atomic mass is 79.9. The third-order valence-electron chi connectivity index (χ3n) is 3.61. The summed E-state index contributed by atoms with van der Waals surface area (Å²) in [5, 5.41) is 3.25. The summed E-state index contributed by atoms with van der Waals surface area (Å²) >= 11 is 3.42. The SMILES string of the molecule is COc1ccc(C(F)C2CCNCC2)c(OC)c1Br. The Balaban J connectivity index is 2.30. The standard InChI is InChI=1S/C14H19BrFNO2/c1-18-11-4-3-10(14(19-2)12(11)15)13(16)9-5-7-17-8-6-9/h3-4,9,13,17H,5-8H2,1-2H3. The molecule has 1 heterocycles. The summed E-state index contributed by atoms with van der Waals surface area (Å²) in [5.41, 5.74) is 0.599. The third-order valence-corrected chi connectivity index (χ3v) is 4.36.